The second-order valence-electron chi connectivity index (χ2n) is 7.59. The van der Waals surface area contributed by atoms with Gasteiger partial charge in [-0.05, 0) is 29.8 Å². The first-order chi connectivity index (χ1) is 15.9. The number of hydrogen-bond donors (Lipinski definition) is 0. The highest BCUT2D eigenvalue weighted by Gasteiger charge is 2.60. The van der Waals surface area contributed by atoms with Crippen molar-refractivity contribution in [3.8, 4) is 0 Å². The molecule has 2 heterocycles. The minimum Gasteiger partial charge on any atom is -0.273 e. The molecule has 5 rings (SSSR count). The van der Waals surface area contributed by atoms with E-state index in [4.69, 9.17) is 28.0 Å². The van der Waals surface area contributed by atoms with Crippen LogP contribution in [0.4, 0.5) is 17.1 Å². The van der Waals surface area contributed by atoms with E-state index in [1.165, 1.54) is 35.4 Å². The van der Waals surface area contributed by atoms with Crippen molar-refractivity contribution in [2.24, 2.45) is 5.92 Å². The molecule has 2 fully saturated rings. The number of carbonyl (C=O) groups is 2. The van der Waals surface area contributed by atoms with E-state index in [0.717, 1.165) is 4.90 Å². The molecule has 2 saturated heterocycles. The van der Waals surface area contributed by atoms with E-state index in [0.29, 0.717) is 11.3 Å². The lowest BCUT2D eigenvalue weighted by molar-refractivity contribution is -0.384. The number of imide groups is 1. The topological polar surface area (TPSA) is 93.0 Å². The Hall–Kier alpha value is -3.46. The third kappa shape index (κ3) is 3.43. The molecule has 3 aromatic carbocycles. The molecule has 3 atom stereocenters. The van der Waals surface area contributed by atoms with Crippen molar-refractivity contribution < 1.29 is 19.3 Å². The molecular weight excluding hydrogens is 469 g/mol. The summed E-state index contributed by atoms with van der Waals surface area (Å²) in [7, 11) is 0. The number of rotatable bonds is 4. The van der Waals surface area contributed by atoms with Crippen molar-refractivity contribution in [2.45, 2.75) is 12.1 Å². The number of anilines is 2. The van der Waals surface area contributed by atoms with Gasteiger partial charge in [-0.25, -0.2) is 9.96 Å². The fourth-order valence-electron chi connectivity index (χ4n) is 4.30. The number of carbonyl (C=O) groups excluding carboxylic acids is 2. The van der Waals surface area contributed by atoms with E-state index in [9.17, 15) is 19.7 Å². The molecular formula is C23H15Cl2N3O5. The zero-order valence-electron chi connectivity index (χ0n) is 16.8. The van der Waals surface area contributed by atoms with Crippen molar-refractivity contribution >= 4 is 52.1 Å². The molecule has 3 aromatic rings. The summed E-state index contributed by atoms with van der Waals surface area (Å²) in [6.45, 7) is 0. The number of nitrogens with zero attached hydrogens (tertiary/aromatic N) is 3. The molecule has 0 N–H and O–H groups in total. The number of amides is 2. The average Bonchev–Trinajstić information content (AvgIpc) is 3.31. The predicted octanol–water partition coefficient (Wildman–Crippen LogP) is 4.95. The summed E-state index contributed by atoms with van der Waals surface area (Å²) in [6.07, 6.45) is -1.14. The molecule has 2 amide bonds. The van der Waals surface area contributed by atoms with Crippen LogP contribution in [0.3, 0.4) is 0 Å². The second kappa shape index (κ2) is 8.15. The fraction of sp³-hybridized carbons (Fsp3) is 0.130. The number of non-ortho nitro benzene ring substituents is 1. The molecule has 166 valence electrons. The van der Waals surface area contributed by atoms with Gasteiger partial charge in [0.25, 0.3) is 11.6 Å². The van der Waals surface area contributed by atoms with Crippen LogP contribution in [0.15, 0.2) is 72.8 Å². The lowest BCUT2D eigenvalue weighted by Crippen LogP contribution is -2.37. The van der Waals surface area contributed by atoms with Gasteiger partial charge in [0.15, 0.2) is 6.10 Å². The third-order valence-electron chi connectivity index (χ3n) is 5.71. The van der Waals surface area contributed by atoms with Crippen LogP contribution in [0.25, 0.3) is 0 Å². The van der Waals surface area contributed by atoms with E-state index in [1.807, 2.05) is 6.07 Å². The van der Waals surface area contributed by atoms with Crippen molar-refractivity contribution in [3.05, 3.63) is 98.5 Å². The molecule has 0 unspecified atom stereocenters. The van der Waals surface area contributed by atoms with Gasteiger partial charge >= 0.3 is 0 Å². The number of fused-ring (bicyclic) bond motifs is 1. The zero-order valence-corrected chi connectivity index (χ0v) is 18.3. The van der Waals surface area contributed by atoms with Gasteiger partial charge in [-0.15, -0.1) is 0 Å². The standard InChI is InChI=1S/C23H15Cl2N3O5/c24-16-10-5-11-17(25)20(16)26-22(29)18-19(13-6-4-9-15(12-13)28(31)32)27(33-21(18)23(26)30)14-7-2-1-3-8-14/h1-12,18-19,21H/t18-,19-,21+/m1/s1. The van der Waals surface area contributed by atoms with Crippen LogP contribution in [0.1, 0.15) is 11.6 Å². The maximum Gasteiger partial charge on any atom is 0.269 e. The maximum absolute atomic E-state index is 13.6. The molecule has 0 spiro atoms. The smallest absolute Gasteiger partial charge is 0.269 e. The van der Waals surface area contributed by atoms with Gasteiger partial charge in [0.2, 0.25) is 5.91 Å². The third-order valence-corrected chi connectivity index (χ3v) is 6.32. The monoisotopic (exact) mass is 483 g/mol. The Balaban J connectivity index is 1.63. The highest BCUT2D eigenvalue weighted by atomic mass is 35.5. The van der Waals surface area contributed by atoms with Gasteiger partial charge in [-0.3, -0.25) is 24.5 Å². The normalized spacial score (nSPS) is 22.1. The van der Waals surface area contributed by atoms with Crippen LogP contribution in [0.2, 0.25) is 10.0 Å². The Morgan fingerprint density at radius 2 is 1.55 bits per heavy atom. The first-order valence-electron chi connectivity index (χ1n) is 9.95. The minimum absolute atomic E-state index is 0.0953. The molecule has 0 aliphatic carbocycles. The summed E-state index contributed by atoms with van der Waals surface area (Å²) in [5.41, 5.74) is 1.03. The van der Waals surface area contributed by atoms with Crippen LogP contribution < -0.4 is 9.96 Å². The number of nitro benzene ring substituents is 1. The second-order valence-corrected chi connectivity index (χ2v) is 8.41. The molecule has 0 saturated carbocycles. The largest absolute Gasteiger partial charge is 0.273 e. The highest BCUT2D eigenvalue weighted by Crippen LogP contribution is 2.49. The number of para-hydroxylation sites is 2. The van der Waals surface area contributed by atoms with Crippen molar-refractivity contribution in [1.82, 2.24) is 0 Å². The van der Waals surface area contributed by atoms with Gasteiger partial charge < -0.3 is 0 Å². The number of benzene rings is 3. The molecule has 33 heavy (non-hydrogen) atoms. The first-order valence-corrected chi connectivity index (χ1v) is 10.7. The highest BCUT2D eigenvalue weighted by molar-refractivity contribution is 6.42. The van der Waals surface area contributed by atoms with E-state index in [1.54, 1.807) is 36.4 Å². The Morgan fingerprint density at radius 1 is 0.879 bits per heavy atom. The summed E-state index contributed by atoms with van der Waals surface area (Å²) in [5.74, 6) is -2.11. The number of nitro groups is 1. The van der Waals surface area contributed by atoms with Gasteiger partial charge in [0.1, 0.15) is 5.92 Å². The van der Waals surface area contributed by atoms with E-state index < -0.39 is 34.8 Å². The van der Waals surface area contributed by atoms with Crippen LogP contribution in [-0.2, 0) is 14.4 Å². The van der Waals surface area contributed by atoms with E-state index in [-0.39, 0.29) is 21.4 Å². The Morgan fingerprint density at radius 3 is 2.21 bits per heavy atom. The first kappa shape index (κ1) is 21.4. The lowest BCUT2D eigenvalue weighted by Gasteiger charge is -2.29. The summed E-state index contributed by atoms with van der Waals surface area (Å²) >= 11 is 12.5. The molecule has 0 aromatic heterocycles. The molecule has 10 heteroatoms. The molecule has 2 aliphatic rings. The summed E-state index contributed by atoms with van der Waals surface area (Å²) in [5, 5.41) is 13.1. The fourth-order valence-corrected chi connectivity index (χ4v) is 4.86. The number of hydrogen-bond acceptors (Lipinski definition) is 6. The van der Waals surface area contributed by atoms with Crippen LogP contribution >= 0.6 is 23.2 Å². The number of hydroxylamine groups is 1. The summed E-state index contributed by atoms with van der Waals surface area (Å²) < 4.78 is 0. The lowest BCUT2D eigenvalue weighted by atomic mass is 9.90. The van der Waals surface area contributed by atoms with Crippen molar-refractivity contribution in [2.75, 3.05) is 9.96 Å². The van der Waals surface area contributed by atoms with Crippen LogP contribution in [-0.4, -0.2) is 22.8 Å². The molecule has 8 nitrogen and oxygen atoms in total. The van der Waals surface area contributed by atoms with E-state index in [2.05, 4.69) is 0 Å². The Labute approximate surface area is 198 Å². The Kier molecular flexibility index (Phi) is 5.28. The molecule has 2 aliphatic heterocycles. The zero-order chi connectivity index (χ0) is 23.3. The van der Waals surface area contributed by atoms with Gasteiger partial charge in [0, 0.05) is 12.1 Å². The minimum atomic E-state index is -1.14. The number of halogens is 2. The molecule has 0 bridgehead atoms. The molecule has 0 radical (unpaired) electrons. The Bertz CT molecular complexity index is 1270. The van der Waals surface area contributed by atoms with Gasteiger partial charge in [-0.1, -0.05) is 59.6 Å². The quantitative estimate of drug-likeness (QED) is 0.296. The van der Waals surface area contributed by atoms with Crippen LogP contribution in [0, 0.1) is 16.0 Å². The predicted molar refractivity (Wildman–Crippen MR) is 122 cm³/mol. The maximum atomic E-state index is 13.6. The van der Waals surface area contributed by atoms with Crippen LogP contribution in [0.5, 0.6) is 0 Å². The van der Waals surface area contributed by atoms with Gasteiger partial charge in [-0.2, -0.15) is 0 Å². The summed E-state index contributed by atoms with van der Waals surface area (Å²) in [6, 6.07) is 18.8. The van der Waals surface area contributed by atoms with Crippen molar-refractivity contribution in [1.29, 1.82) is 0 Å². The average molecular weight is 484 g/mol. The van der Waals surface area contributed by atoms with Gasteiger partial charge in [0.05, 0.1) is 32.4 Å². The summed E-state index contributed by atoms with van der Waals surface area (Å²) in [4.78, 5) is 44.8. The SMILES string of the molecule is O=C1[C@H]2[C@H](ON(c3ccccc3)[C@@H]2c2cccc([N+](=O)[O-])c2)C(=O)N1c1c(Cl)cccc1Cl. The van der Waals surface area contributed by atoms with E-state index >= 15 is 0 Å². The van der Waals surface area contributed by atoms with Crippen molar-refractivity contribution in [3.63, 3.8) is 0 Å².